The quantitative estimate of drug-likeness (QED) is 0.873. The third-order valence-electron chi connectivity index (χ3n) is 3.68. The first-order valence-electron chi connectivity index (χ1n) is 6.26. The molecule has 0 heterocycles. The molecule has 17 heavy (non-hydrogen) atoms. The summed E-state index contributed by atoms with van der Waals surface area (Å²) in [5.41, 5.74) is 1.14. The fourth-order valence-corrected chi connectivity index (χ4v) is 2.56. The maximum Gasteiger partial charge on any atom is 0.142 e. The zero-order valence-corrected chi connectivity index (χ0v) is 10.6. The Labute approximate surface area is 103 Å². The molecule has 3 nitrogen and oxygen atoms in total. The first-order valence-corrected chi connectivity index (χ1v) is 6.26. The molecule has 94 valence electrons. The highest BCUT2D eigenvalue weighted by Gasteiger charge is 2.24. The second-order valence-corrected chi connectivity index (χ2v) is 4.75. The SMILES string of the molecule is COc1ccccc1N(C)C1CCC(O)CC1. The zero-order chi connectivity index (χ0) is 12.3. The van der Waals surface area contributed by atoms with E-state index in [0.29, 0.717) is 6.04 Å². The third-order valence-corrected chi connectivity index (χ3v) is 3.68. The van der Waals surface area contributed by atoms with Gasteiger partial charge in [-0.05, 0) is 37.8 Å². The van der Waals surface area contributed by atoms with Gasteiger partial charge in [0.25, 0.3) is 0 Å². The minimum atomic E-state index is -0.0997. The number of methoxy groups -OCH3 is 1. The topological polar surface area (TPSA) is 32.7 Å². The Morgan fingerprint density at radius 3 is 2.47 bits per heavy atom. The number of aliphatic hydroxyl groups excluding tert-OH is 1. The Morgan fingerprint density at radius 1 is 1.18 bits per heavy atom. The number of benzene rings is 1. The van der Waals surface area contributed by atoms with Crippen molar-refractivity contribution in [1.82, 2.24) is 0 Å². The summed E-state index contributed by atoms with van der Waals surface area (Å²) in [5.74, 6) is 0.918. The molecule has 0 amide bonds. The van der Waals surface area contributed by atoms with Crippen LogP contribution in [-0.2, 0) is 0 Å². The number of rotatable bonds is 3. The van der Waals surface area contributed by atoms with E-state index in [9.17, 15) is 5.11 Å². The van der Waals surface area contributed by atoms with E-state index in [4.69, 9.17) is 4.74 Å². The van der Waals surface area contributed by atoms with Gasteiger partial charge in [0.2, 0.25) is 0 Å². The Hall–Kier alpha value is -1.22. The van der Waals surface area contributed by atoms with Crippen molar-refractivity contribution in [2.45, 2.75) is 37.8 Å². The molecule has 3 heteroatoms. The normalized spacial score (nSPS) is 24.4. The summed E-state index contributed by atoms with van der Waals surface area (Å²) < 4.78 is 5.39. The molecule has 0 radical (unpaired) electrons. The van der Waals surface area contributed by atoms with Crippen molar-refractivity contribution in [2.24, 2.45) is 0 Å². The molecule has 2 rings (SSSR count). The van der Waals surface area contributed by atoms with Gasteiger partial charge in [-0.1, -0.05) is 12.1 Å². The average molecular weight is 235 g/mol. The van der Waals surface area contributed by atoms with Crippen LogP contribution in [0.3, 0.4) is 0 Å². The highest BCUT2D eigenvalue weighted by Crippen LogP contribution is 2.32. The Balaban J connectivity index is 2.10. The lowest BCUT2D eigenvalue weighted by Gasteiger charge is -2.35. The predicted molar refractivity (Wildman–Crippen MR) is 69.7 cm³/mol. The van der Waals surface area contributed by atoms with Gasteiger partial charge in [0.05, 0.1) is 18.9 Å². The number of ether oxygens (including phenoxy) is 1. The van der Waals surface area contributed by atoms with E-state index in [1.807, 2.05) is 18.2 Å². The molecule has 0 atom stereocenters. The molecule has 1 aliphatic rings. The molecular weight excluding hydrogens is 214 g/mol. The lowest BCUT2D eigenvalue weighted by Crippen LogP contribution is -2.36. The minimum absolute atomic E-state index is 0.0997. The number of hydrogen-bond acceptors (Lipinski definition) is 3. The molecule has 1 aliphatic carbocycles. The maximum absolute atomic E-state index is 9.54. The fourth-order valence-electron chi connectivity index (χ4n) is 2.56. The Kier molecular flexibility index (Phi) is 3.89. The van der Waals surface area contributed by atoms with Crippen molar-refractivity contribution < 1.29 is 9.84 Å². The molecule has 1 saturated carbocycles. The molecule has 0 bridgehead atoms. The van der Waals surface area contributed by atoms with Crippen LogP contribution in [0.4, 0.5) is 5.69 Å². The lowest BCUT2D eigenvalue weighted by atomic mass is 9.92. The minimum Gasteiger partial charge on any atom is -0.495 e. The van der Waals surface area contributed by atoms with Gasteiger partial charge in [-0.3, -0.25) is 0 Å². The van der Waals surface area contributed by atoms with E-state index < -0.39 is 0 Å². The maximum atomic E-state index is 9.54. The molecule has 1 aromatic rings. The first-order chi connectivity index (χ1) is 8.22. The lowest BCUT2D eigenvalue weighted by molar-refractivity contribution is 0.122. The van der Waals surface area contributed by atoms with Crippen molar-refractivity contribution in [1.29, 1.82) is 0 Å². The summed E-state index contributed by atoms with van der Waals surface area (Å²) >= 11 is 0. The zero-order valence-electron chi connectivity index (χ0n) is 10.6. The first kappa shape index (κ1) is 12.2. The van der Waals surface area contributed by atoms with Crippen LogP contribution >= 0.6 is 0 Å². The molecule has 0 unspecified atom stereocenters. The van der Waals surface area contributed by atoms with Crippen LogP contribution in [0, 0.1) is 0 Å². The second-order valence-electron chi connectivity index (χ2n) is 4.75. The summed E-state index contributed by atoms with van der Waals surface area (Å²) in [4.78, 5) is 2.28. The van der Waals surface area contributed by atoms with Gasteiger partial charge in [-0.25, -0.2) is 0 Å². The van der Waals surface area contributed by atoms with E-state index in [2.05, 4.69) is 18.0 Å². The number of aliphatic hydroxyl groups is 1. The number of anilines is 1. The van der Waals surface area contributed by atoms with Gasteiger partial charge < -0.3 is 14.7 Å². The number of para-hydroxylation sites is 2. The van der Waals surface area contributed by atoms with Crippen LogP contribution in [0.2, 0.25) is 0 Å². The van der Waals surface area contributed by atoms with Crippen molar-refractivity contribution in [2.75, 3.05) is 19.1 Å². The molecule has 1 fully saturated rings. The van der Waals surface area contributed by atoms with Crippen LogP contribution in [0.1, 0.15) is 25.7 Å². The van der Waals surface area contributed by atoms with Crippen LogP contribution in [0.5, 0.6) is 5.75 Å². The van der Waals surface area contributed by atoms with Gasteiger partial charge in [-0.15, -0.1) is 0 Å². The molecular formula is C14H21NO2. The number of hydrogen-bond donors (Lipinski definition) is 1. The van der Waals surface area contributed by atoms with Crippen LogP contribution < -0.4 is 9.64 Å². The molecule has 0 spiro atoms. The van der Waals surface area contributed by atoms with Gasteiger partial charge in [0.1, 0.15) is 5.75 Å². The summed E-state index contributed by atoms with van der Waals surface area (Å²) in [6.45, 7) is 0. The van der Waals surface area contributed by atoms with Gasteiger partial charge in [0, 0.05) is 13.1 Å². The monoisotopic (exact) mass is 235 g/mol. The summed E-state index contributed by atoms with van der Waals surface area (Å²) in [5, 5.41) is 9.54. The van der Waals surface area contributed by atoms with Crippen LogP contribution in [0.25, 0.3) is 0 Å². The molecule has 0 aliphatic heterocycles. The number of nitrogens with zero attached hydrogens (tertiary/aromatic N) is 1. The van der Waals surface area contributed by atoms with Crippen molar-refractivity contribution in [3.8, 4) is 5.75 Å². The van der Waals surface area contributed by atoms with Crippen molar-refractivity contribution >= 4 is 5.69 Å². The Bertz CT molecular complexity index is 359. The Morgan fingerprint density at radius 2 is 1.82 bits per heavy atom. The van der Waals surface area contributed by atoms with Crippen LogP contribution in [-0.4, -0.2) is 31.4 Å². The molecule has 0 aromatic heterocycles. The fraction of sp³-hybridized carbons (Fsp3) is 0.571. The van der Waals surface area contributed by atoms with E-state index >= 15 is 0 Å². The highest BCUT2D eigenvalue weighted by atomic mass is 16.5. The largest absolute Gasteiger partial charge is 0.495 e. The van der Waals surface area contributed by atoms with Crippen LogP contribution in [0.15, 0.2) is 24.3 Å². The average Bonchev–Trinajstić information content (AvgIpc) is 2.39. The van der Waals surface area contributed by atoms with Crippen molar-refractivity contribution in [3.63, 3.8) is 0 Å². The smallest absolute Gasteiger partial charge is 0.142 e. The third kappa shape index (κ3) is 2.72. The summed E-state index contributed by atoms with van der Waals surface area (Å²) in [6, 6.07) is 8.61. The van der Waals surface area contributed by atoms with E-state index in [1.54, 1.807) is 7.11 Å². The van der Waals surface area contributed by atoms with Crippen molar-refractivity contribution in [3.05, 3.63) is 24.3 Å². The predicted octanol–water partition coefficient (Wildman–Crippen LogP) is 2.43. The standard InChI is InChI=1S/C14H21NO2/c1-15(11-7-9-12(16)10-8-11)13-5-3-4-6-14(13)17-2/h3-6,11-12,16H,7-10H2,1-2H3. The molecule has 0 saturated heterocycles. The van der Waals surface area contributed by atoms with E-state index in [1.165, 1.54) is 0 Å². The molecule has 1 aromatic carbocycles. The summed E-state index contributed by atoms with van der Waals surface area (Å²) in [7, 11) is 3.82. The van der Waals surface area contributed by atoms with Gasteiger partial charge >= 0.3 is 0 Å². The van der Waals surface area contributed by atoms with Gasteiger partial charge in [-0.2, -0.15) is 0 Å². The van der Waals surface area contributed by atoms with E-state index in [-0.39, 0.29) is 6.10 Å². The molecule has 1 N–H and O–H groups in total. The highest BCUT2D eigenvalue weighted by molar-refractivity contribution is 5.58. The van der Waals surface area contributed by atoms with E-state index in [0.717, 1.165) is 37.1 Å². The second kappa shape index (κ2) is 5.41. The summed E-state index contributed by atoms with van der Waals surface area (Å²) in [6.07, 6.45) is 3.82. The van der Waals surface area contributed by atoms with Gasteiger partial charge in [0.15, 0.2) is 0 Å².